The molecule has 7 heteroatoms. The number of rotatable bonds is 4. The van der Waals surface area contributed by atoms with Gasteiger partial charge in [-0.05, 0) is 19.1 Å². The number of fused-ring (bicyclic) bond motifs is 1. The van der Waals surface area contributed by atoms with Gasteiger partial charge < -0.3 is 14.8 Å². The molecule has 1 heterocycles. The second-order valence-corrected chi connectivity index (χ2v) is 3.93. The van der Waals surface area contributed by atoms with Crippen molar-refractivity contribution in [3.05, 3.63) is 18.2 Å². The Morgan fingerprint density at radius 2 is 2.00 bits per heavy atom. The highest BCUT2D eigenvalue weighted by atomic mass is 19.4. The van der Waals surface area contributed by atoms with Crippen LogP contribution in [0.3, 0.4) is 0 Å². The smallest absolute Gasteiger partial charge is 0.401 e. The number of halogens is 3. The third kappa shape index (κ3) is 3.43. The number of alkyl halides is 3. The highest BCUT2D eigenvalue weighted by Crippen LogP contribution is 2.34. The van der Waals surface area contributed by atoms with Crippen LogP contribution in [0.25, 0.3) is 0 Å². The van der Waals surface area contributed by atoms with E-state index in [0.717, 1.165) is 0 Å². The summed E-state index contributed by atoms with van der Waals surface area (Å²) in [5.41, 5.74) is 0.668. The Morgan fingerprint density at radius 1 is 1.28 bits per heavy atom. The van der Waals surface area contributed by atoms with Gasteiger partial charge in [0.1, 0.15) is 0 Å². The molecule has 0 saturated heterocycles. The summed E-state index contributed by atoms with van der Waals surface area (Å²) >= 11 is 0. The molecule has 1 aliphatic rings. The average molecular weight is 262 g/mol. The molecule has 0 radical (unpaired) electrons. The Balaban J connectivity index is 1.89. The quantitative estimate of drug-likeness (QED) is 0.817. The summed E-state index contributed by atoms with van der Waals surface area (Å²) < 4.78 is 46.3. The normalized spacial score (nSPS) is 15.6. The van der Waals surface area contributed by atoms with E-state index in [1.54, 1.807) is 25.1 Å². The first-order valence-electron chi connectivity index (χ1n) is 5.40. The van der Waals surface area contributed by atoms with E-state index in [2.05, 4.69) is 10.6 Å². The van der Waals surface area contributed by atoms with Gasteiger partial charge in [-0.3, -0.25) is 5.32 Å². The van der Waals surface area contributed by atoms with Crippen LogP contribution in [0.5, 0.6) is 11.5 Å². The van der Waals surface area contributed by atoms with Crippen LogP contribution in [-0.4, -0.2) is 25.7 Å². The largest absolute Gasteiger partial charge is 0.454 e. The molecule has 2 N–H and O–H groups in total. The number of nitrogens with one attached hydrogen (secondary N) is 2. The lowest BCUT2D eigenvalue weighted by Gasteiger charge is -2.18. The minimum absolute atomic E-state index is 0.167. The molecule has 4 nitrogen and oxygen atoms in total. The van der Waals surface area contributed by atoms with Gasteiger partial charge in [0, 0.05) is 11.8 Å². The summed E-state index contributed by atoms with van der Waals surface area (Å²) in [6, 6.07) is 5.12. The van der Waals surface area contributed by atoms with Crippen molar-refractivity contribution in [3.63, 3.8) is 0 Å². The minimum atomic E-state index is -4.22. The standard InChI is InChI=1S/C11H13F3N2O2/c1-7(15-5-11(12,13)14)16-8-2-3-9-10(4-8)18-6-17-9/h2-4,7,15-16H,5-6H2,1H3. The molecule has 0 spiro atoms. The first-order chi connectivity index (χ1) is 8.44. The maximum absolute atomic E-state index is 12.0. The molecule has 0 amide bonds. The van der Waals surface area contributed by atoms with Crippen LogP contribution in [-0.2, 0) is 0 Å². The molecule has 1 aromatic rings. The van der Waals surface area contributed by atoms with Crippen molar-refractivity contribution >= 4 is 5.69 Å². The monoisotopic (exact) mass is 262 g/mol. The van der Waals surface area contributed by atoms with Gasteiger partial charge >= 0.3 is 6.18 Å². The Hall–Kier alpha value is -1.63. The van der Waals surface area contributed by atoms with Gasteiger partial charge in [0.15, 0.2) is 11.5 Å². The Labute approximate surface area is 102 Å². The van der Waals surface area contributed by atoms with Crippen LogP contribution in [0.2, 0.25) is 0 Å². The maximum atomic E-state index is 12.0. The number of ether oxygens (including phenoxy) is 2. The fourth-order valence-corrected chi connectivity index (χ4v) is 1.56. The average Bonchev–Trinajstić information content (AvgIpc) is 2.72. The van der Waals surface area contributed by atoms with E-state index in [1.807, 2.05) is 0 Å². The predicted octanol–water partition coefficient (Wildman–Crippen LogP) is 2.33. The number of hydrogen-bond donors (Lipinski definition) is 2. The molecule has 0 bridgehead atoms. The lowest BCUT2D eigenvalue weighted by Crippen LogP contribution is -2.39. The molecule has 100 valence electrons. The molecule has 0 aliphatic carbocycles. The van der Waals surface area contributed by atoms with Crippen molar-refractivity contribution in [1.29, 1.82) is 0 Å². The fourth-order valence-electron chi connectivity index (χ4n) is 1.56. The SMILES string of the molecule is CC(NCC(F)(F)F)Nc1ccc2c(c1)OCO2. The predicted molar refractivity (Wildman–Crippen MR) is 59.7 cm³/mol. The summed E-state index contributed by atoms with van der Waals surface area (Å²) in [4.78, 5) is 0. The molecule has 0 aromatic heterocycles. The van der Waals surface area contributed by atoms with Gasteiger partial charge in [-0.1, -0.05) is 0 Å². The van der Waals surface area contributed by atoms with Crippen LogP contribution in [0.1, 0.15) is 6.92 Å². The summed E-state index contributed by atoms with van der Waals surface area (Å²) in [6.07, 6.45) is -4.72. The third-order valence-electron chi connectivity index (χ3n) is 2.36. The Bertz CT molecular complexity index is 423. The molecule has 1 aliphatic heterocycles. The van der Waals surface area contributed by atoms with Gasteiger partial charge in [-0.2, -0.15) is 13.2 Å². The number of benzene rings is 1. The Kier molecular flexibility index (Phi) is 3.51. The van der Waals surface area contributed by atoms with E-state index in [1.165, 1.54) is 0 Å². The molecule has 2 rings (SSSR count). The second-order valence-electron chi connectivity index (χ2n) is 3.93. The first-order valence-corrected chi connectivity index (χ1v) is 5.40. The second kappa shape index (κ2) is 4.93. The van der Waals surface area contributed by atoms with E-state index < -0.39 is 18.9 Å². The third-order valence-corrected chi connectivity index (χ3v) is 2.36. The van der Waals surface area contributed by atoms with Crippen molar-refractivity contribution in [2.45, 2.75) is 19.3 Å². The van der Waals surface area contributed by atoms with Gasteiger partial charge in [0.2, 0.25) is 6.79 Å². The molecular formula is C11H13F3N2O2. The van der Waals surface area contributed by atoms with Crippen LogP contribution >= 0.6 is 0 Å². The molecule has 0 saturated carbocycles. The summed E-state index contributed by atoms with van der Waals surface area (Å²) in [7, 11) is 0. The highest BCUT2D eigenvalue weighted by Gasteiger charge is 2.27. The topological polar surface area (TPSA) is 42.5 Å². The number of hydrogen-bond acceptors (Lipinski definition) is 4. The van der Waals surface area contributed by atoms with Gasteiger partial charge in [-0.25, -0.2) is 0 Å². The van der Waals surface area contributed by atoms with E-state index in [0.29, 0.717) is 17.2 Å². The van der Waals surface area contributed by atoms with E-state index in [4.69, 9.17) is 9.47 Å². The van der Waals surface area contributed by atoms with Gasteiger partial charge in [0.05, 0.1) is 12.7 Å². The van der Waals surface area contributed by atoms with Crippen LogP contribution in [0.15, 0.2) is 18.2 Å². The fraction of sp³-hybridized carbons (Fsp3) is 0.455. The van der Waals surface area contributed by atoms with Crippen molar-refractivity contribution in [1.82, 2.24) is 5.32 Å². The lowest BCUT2D eigenvalue weighted by atomic mass is 10.2. The molecular weight excluding hydrogens is 249 g/mol. The van der Waals surface area contributed by atoms with Crippen LogP contribution in [0.4, 0.5) is 18.9 Å². The first kappa shape index (κ1) is 12.8. The zero-order chi connectivity index (χ0) is 13.2. The minimum Gasteiger partial charge on any atom is -0.454 e. The molecule has 0 fully saturated rings. The van der Waals surface area contributed by atoms with Crippen LogP contribution in [0, 0.1) is 0 Å². The summed E-state index contributed by atoms with van der Waals surface area (Å²) in [5.74, 6) is 1.22. The summed E-state index contributed by atoms with van der Waals surface area (Å²) in [6.45, 7) is 0.739. The van der Waals surface area contributed by atoms with Crippen molar-refractivity contribution in [3.8, 4) is 11.5 Å². The van der Waals surface area contributed by atoms with Gasteiger partial charge in [-0.15, -0.1) is 0 Å². The van der Waals surface area contributed by atoms with Crippen molar-refractivity contribution in [2.75, 3.05) is 18.7 Å². The summed E-state index contributed by atoms with van der Waals surface area (Å²) in [5, 5.41) is 5.23. The highest BCUT2D eigenvalue weighted by molar-refractivity contribution is 5.55. The molecule has 1 aromatic carbocycles. The maximum Gasteiger partial charge on any atom is 0.401 e. The van der Waals surface area contributed by atoms with E-state index in [-0.39, 0.29) is 6.79 Å². The lowest BCUT2D eigenvalue weighted by molar-refractivity contribution is -0.125. The zero-order valence-electron chi connectivity index (χ0n) is 9.67. The molecule has 18 heavy (non-hydrogen) atoms. The van der Waals surface area contributed by atoms with Crippen molar-refractivity contribution < 1.29 is 22.6 Å². The van der Waals surface area contributed by atoms with Gasteiger partial charge in [0.25, 0.3) is 0 Å². The molecule has 1 atom stereocenters. The number of anilines is 1. The Morgan fingerprint density at radius 3 is 2.72 bits per heavy atom. The van der Waals surface area contributed by atoms with Crippen molar-refractivity contribution in [2.24, 2.45) is 0 Å². The van der Waals surface area contributed by atoms with E-state index in [9.17, 15) is 13.2 Å². The van der Waals surface area contributed by atoms with Crippen LogP contribution < -0.4 is 20.1 Å². The molecule has 1 unspecified atom stereocenters. The zero-order valence-corrected chi connectivity index (χ0v) is 9.67. The van der Waals surface area contributed by atoms with E-state index >= 15 is 0 Å².